The van der Waals surface area contributed by atoms with Gasteiger partial charge in [0.2, 0.25) is 0 Å². The zero-order chi connectivity index (χ0) is 13.7. The zero-order valence-electron chi connectivity index (χ0n) is 10.7. The summed E-state index contributed by atoms with van der Waals surface area (Å²) in [7, 11) is 0. The number of rotatable bonds is 6. The van der Waals surface area contributed by atoms with E-state index in [1.54, 1.807) is 0 Å². The fourth-order valence-corrected chi connectivity index (χ4v) is 1.71. The van der Waals surface area contributed by atoms with Crippen molar-refractivity contribution in [2.75, 3.05) is 13.2 Å². The van der Waals surface area contributed by atoms with Gasteiger partial charge in [0.1, 0.15) is 12.4 Å². The van der Waals surface area contributed by atoms with Crippen LogP contribution in [0.15, 0.2) is 42.5 Å². The summed E-state index contributed by atoms with van der Waals surface area (Å²) in [6, 6.07) is 13.9. The van der Waals surface area contributed by atoms with Crippen LogP contribution in [0.1, 0.15) is 6.92 Å². The van der Waals surface area contributed by atoms with Crippen molar-refractivity contribution in [1.29, 1.82) is 0 Å². The van der Waals surface area contributed by atoms with Crippen molar-refractivity contribution in [1.82, 2.24) is 0 Å². The van der Waals surface area contributed by atoms with Crippen LogP contribution >= 0.6 is 0 Å². The Labute approximate surface area is 111 Å². The van der Waals surface area contributed by atoms with Gasteiger partial charge in [0.25, 0.3) is 0 Å². The third-order valence-corrected chi connectivity index (χ3v) is 2.79. The molecule has 0 bridgehead atoms. The van der Waals surface area contributed by atoms with Crippen molar-refractivity contribution in [3.05, 3.63) is 42.5 Å². The lowest BCUT2D eigenvalue weighted by molar-refractivity contribution is -0.149. The van der Waals surface area contributed by atoms with Gasteiger partial charge in [-0.25, -0.2) is 4.79 Å². The van der Waals surface area contributed by atoms with Gasteiger partial charge < -0.3 is 14.6 Å². The second kappa shape index (κ2) is 6.20. The lowest BCUT2D eigenvalue weighted by Crippen LogP contribution is -2.22. The van der Waals surface area contributed by atoms with Crippen molar-refractivity contribution < 1.29 is 19.4 Å². The van der Waals surface area contributed by atoms with Crippen LogP contribution in [0.2, 0.25) is 0 Å². The predicted molar refractivity (Wildman–Crippen MR) is 72.5 cm³/mol. The third kappa shape index (κ3) is 3.69. The maximum Gasteiger partial charge on any atom is 0.332 e. The predicted octanol–water partition coefficient (Wildman–Crippen LogP) is 2.71. The largest absolute Gasteiger partial charge is 0.491 e. The minimum Gasteiger partial charge on any atom is -0.491 e. The molecule has 0 aromatic heterocycles. The summed E-state index contributed by atoms with van der Waals surface area (Å²) < 4.78 is 10.6. The molecule has 0 aliphatic carbocycles. The molecule has 0 radical (unpaired) electrons. The second-order valence-corrected chi connectivity index (χ2v) is 4.21. The van der Waals surface area contributed by atoms with Crippen LogP contribution in [0.25, 0.3) is 10.8 Å². The molecule has 0 aliphatic rings. The van der Waals surface area contributed by atoms with Crippen molar-refractivity contribution >= 4 is 16.7 Å². The van der Waals surface area contributed by atoms with Gasteiger partial charge in [0, 0.05) is 0 Å². The molecule has 1 atom stereocenters. The van der Waals surface area contributed by atoms with E-state index in [2.05, 4.69) is 0 Å². The maximum atomic E-state index is 10.5. The van der Waals surface area contributed by atoms with E-state index in [4.69, 9.17) is 14.6 Å². The quantitative estimate of drug-likeness (QED) is 0.811. The molecule has 2 aromatic rings. The van der Waals surface area contributed by atoms with Crippen molar-refractivity contribution in [2.24, 2.45) is 0 Å². The molecular formula is C15H16O4. The van der Waals surface area contributed by atoms with E-state index in [-0.39, 0.29) is 6.61 Å². The Hall–Kier alpha value is -2.07. The maximum absolute atomic E-state index is 10.5. The van der Waals surface area contributed by atoms with Crippen LogP contribution in [0.3, 0.4) is 0 Å². The van der Waals surface area contributed by atoms with Gasteiger partial charge in [-0.2, -0.15) is 0 Å². The number of carboxylic acid groups (broad SMARTS) is 1. The van der Waals surface area contributed by atoms with Gasteiger partial charge in [0.05, 0.1) is 6.61 Å². The minimum absolute atomic E-state index is 0.250. The smallest absolute Gasteiger partial charge is 0.332 e. The highest BCUT2D eigenvalue weighted by Crippen LogP contribution is 2.20. The zero-order valence-corrected chi connectivity index (χ0v) is 10.7. The normalized spacial score (nSPS) is 12.3. The van der Waals surface area contributed by atoms with Gasteiger partial charge in [-0.3, -0.25) is 0 Å². The molecule has 100 valence electrons. The topological polar surface area (TPSA) is 55.8 Å². The van der Waals surface area contributed by atoms with Crippen LogP contribution in [0.4, 0.5) is 0 Å². The summed E-state index contributed by atoms with van der Waals surface area (Å²) in [6.07, 6.45) is -0.805. The lowest BCUT2D eigenvalue weighted by atomic mass is 10.1. The highest BCUT2D eigenvalue weighted by molar-refractivity contribution is 5.83. The van der Waals surface area contributed by atoms with Crippen molar-refractivity contribution in [3.8, 4) is 5.75 Å². The van der Waals surface area contributed by atoms with Gasteiger partial charge in [-0.15, -0.1) is 0 Å². The Morgan fingerprint density at radius 2 is 1.89 bits per heavy atom. The number of fused-ring (bicyclic) bond motifs is 1. The molecule has 4 heteroatoms. The first-order valence-corrected chi connectivity index (χ1v) is 6.13. The monoisotopic (exact) mass is 260 g/mol. The average Bonchev–Trinajstić information content (AvgIpc) is 2.43. The van der Waals surface area contributed by atoms with Gasteiger partial charge in [-0.05, 0) is 29.8 Å². The van der Waals surface area contributed by atoms with E-state index >= 15 is 0 Å². The number of ether oxygens (including phenoxy) is 2. The molecule has 0 spiro atoms. The molecule has 1 N–H and O–H groups in total. The standard InChI is InChI=1S/C15H16O4/c1-11(15(16)17)18-8-9-19-14-7-6-12-4-2-3-5-13(12)10-14/h2-7,10-11H,8-9H2,1H3,(H,16,17)/t11-/m0/s1. The number of benzene rings is 2. The second-order valence-electron chi connectivity index (χ2n) is 4.21. The molecule has 4 nitrogen and oxygen atoms in total. The molecule has 2 rings (SSSR count). The third-order valence-electron chi connectivity index (χ3n) is 2.79. The van der Waals surface area contributed by atoms with Crippen LogP contribution in [-0.4, -0.2) is 30.4 Å². The SMILES string of the molecule is C[C@H](OCCOc1ccc2ccccc2c1)C(=O)O. The fraction of sp³-hybridized carbons (Fsp3) is 0.267. The molecule has 0 fully saturated rings. The number of hydrogen-bond donors (Lipinski definition) is 1. The molecule has 19 heavy (non-hydrogen) atoms. The van der Waals surface area contributed by atoms with E-state index in [1.165, 1.54) is 6.92 Å². The summed E-state index contributed by atoms with van der Waals surface area (Å²) in [6.45, 7) is 2.08. The number of carbonyl (C=O) groups is 1. The Morgan fingerprint density at radius 3 is 2.63 bits per heavy atom. The summed E-state index contributed by atoms with van der Waals surface area (Å²) >= 11 is 0. The molecule has 0 saturated carbocycles. The summed E-state index contributed by atoms with van der Waals surface area (Å²) in [5.74, 6) is -0.212. The van der Waals surface area contributed by atoms with Gasteiger partial charge >= 0.3 is 5.97 Å². The van der Waals surface area contributed by atoms with E-state index < -0.39 is 12.1 Å². The Morgan fingerprint density at radius 1 is 1.16 bits per heavy atom. The van der Waals surface area contributed by atoms with Crippen LogP contribution in [-0.2, 0) is 9.53 Å². The number of aliphatic carboxylic acids is 1. The number of hydrogen-bond acceptors (Lipinski definition) is 3. The fourth-order valence-electron chi connectivity index (χ4n) is 1.71. The molecule has 0 aliphatic heterocycles. The Balaban J connectivity index is 1.86. The summed E-state index contributed by atoms with van der Waals surface area (Å²) in [5, 5.41) is 10.9. The first kappa shape index (κ1) is 13.4. The first-order chi connectivity index (χ1) is 9.16. The summed E-state index contributed by atoms with van der Waals surface area (Å²) in [4.78, 5) is 10.5. The molecule has 0 heterocycles. The minimum atomic E-state index is -0.967. The van der Waals surface area contributed by atoms with E-state index in [0.29, 0.717) is 6.61 Å². The van der Waals surface area contributed by atoms with Gasteiger partial charge in [-0.1, -0.05) is 30.3 Å². The Kier molecular flexibility index (Phi) is 4.36. The molecular weight excluding hydrogens is 244 g/mol. The highest BCUT2D eigenvalue weighted by Gasteiger charge is 2.10. The average molecular weight is 260 g/mol. The Bertz CT molecular complexity index is 565. The van der Waals surface area contributed by atoms with Crippen molar-refractivity contribution in [3.63, 3.8) is 0 Å². The van der Waals surface area contributed by atoms with Crippen LogP contribution in [0.5, 0.6) is 5.75 Å². The molecule has 2 aromatic carbocycles. The van der Waals surface area contributed by atoms with Crippen LogP contribution in [0, 0.1) is 0 Å². The first-order valence-electron chi connectivity index (χ1n) is 6.13. The lowest BCUT2D eigenvalue weighted by Gasteiger charge is -2.10. The van der Waals surface area contributed by atoms with E-state index in [0.717, 1.165) is 16.5 Å². The molecule has 0 saturated heterocycles. The highest BCUT2D eigenvalue weighted by atomic mass is 16.5. The number of carboxylic acids is 1. The molecule has 0 amide bonds. The summed E-state index contributed by atoms with van der Waals surface area (Å²) in [5.41, 5.74) is 0. The van der Waals surface area contributed by atoms with Gasteiger partial charge in [0.15, 0.2) is 6.10 Å². The van der Waals surface area contributed by atoms with E-state index in [1.807, 2.05) is 42.5 Å². The van der Waals surface area contributed by atoms with E-state index in [9.17, 15) is 4.79 Å². The van der Waals surface area contributed by atoms with Crippen LogP contribution < -0.4 is 4.74 Å². The van der Waals surface area contributed by atoms with Crippen molar-refractivity contribution in [2.45, 2.75) is 13.0 Å². The molecule has 0 unspecified atom stereocenters.